The highest BCUT2D eigenvalue weighted by atomic mass is 32.1. The monoisotopic (exact) mass is 692 g/mol. The van der Waals surface area contributed by atoms with Crippen LogP contribution in [0.15, 0.2) is 179 Å². The number of rotatable bonds is 3. The zero-order valence-electron chi connectivity index (χ0n) is 28.4. The van der Waals surface area contributed by atoms with Gasteiger partial charge < -0.3 is 8.83 Å². The zero-order chi connectivity index (χ0) is 34.6. The van der Waals surface area contributed by atoms with E-state index in [0.29, 0.717) is 0 Å². The first-order chi connectivity index (χ1) is 26.3. The Labute approximate surface area is 307 Å². The predicted octanol–water partition coefficient (Wildman–Crippen LogP) is 15.2. The largest absolute Gasteiger partial charge is 0.456 e. The second-order valence-corrected chi connectivity index (χ2v) is 15.0. The molecule has 0 aliphatic carbocycles. The average Bonchev–Trinajstić information content (AvgIpc) is 3.93. The van der Waals surface area contributed by atoms with Crippen LogP contribution in [-0.2, 0) is 0 Å². The molecule has 0 unspecified atom stereocenters. The Morgan fingerprint density at radius 3 is 1.81 bits per heavy atom. The van der Waals surface area contributed by atoms with E-state index in [1.807, 2.05) is 0 Å². The highest BCUT2D eigenvalue weighted by molar-refractivity contribution is 7.23. The predicted molar refractivity (Wildman–Crippen MR) is 225 cm³/mol. The molecule has 3 aromatic heterocycles. The van der Waals surface area contributed by atoms with Crippen molar-refractivity contribution in [2.45, 2.75) is 0 Å². The van der Waals surface area contributed by atoms with E-state index in [-0.39, 0.29) is 0 Å². The van der Waals surface area contributed by atoms with Gasteiger partial charge in [-0.05, 0) is 102 Å². The summed E-state index contributed by atoms with van der Waals surface area (Å²) in [5, 5.41) is 13.1. The number of furan rings is 2. The van der Waals surface area contributed by atoms with E-state index in [9.17, 15) is 0 Å². The second-order valence-electron chi connectivity index (χ2n) is 13.9. The molecule has 0 atom stereocenters. The number of thiophene rings is 1. The van der Waals surface area contributed by atoms with E-state index in [4.69, 9.17) is 8.83 Å². The second kappa shape index (κ2) is 10.9. The van der Waals surface area contributed by atoms with Gasteiger partial charge >= 0.3 is 0 Å². The van der Waals surface area contributed by atoms with Crippen LogP contribution in [0.4, 0.5) is 0 Å². The number of benzene rings is 9. The van der Waals surface area contributed by atoms with E-state index in [1.54, 1.807) is 11.3 Å². The molecule has 0 aliphatic rings. The van der Waals surface area contributed by atoms with E-state index in [2.05, 4.69) is 170 Å². The molecule has 0 saturated heterocycles. The summed E-state index contributed by atoms with van der Waals surface area (Å²) in [5.74, 6) is 0. The molecule has 53 heavy (non-hydrogen) atoms. The fraction of sp³-hybridized carbons (Fsp3) is 0. The molecule has 0 radical (unpaired) electrons. The highest BCUT2D eigenvalue weighted by Gasteiger charge is 2.22. The molecule has 0 bridgehead atoms. The lowest BCUT2D eigenvalue weighted by Crippen LogP contribution is -1.91. The minimum Gasteiger partial charge on any atom is -0.456 e. The number of fused-ring (bicyclic) bond motifs is 12. The van der Waals surface area contributed by atoms with Gasteiger partial charge in [0.05, 0.1) is 4.70 Å². The van der Waals surface area contributed by atoms with Crippen molar-refractivity contribution in [2.24, 2.45) is 0 Å². The molecule has 12 aromatic rings. The summed E-state index contributed by atoms with van der Waals surface area (Å²) in [6.45, 7) is 0. The summed E-state index contributed by atoms with van der Waals surface area (Å²) in [6, 6.07) is 61.2. The van der Waals surface area contributed by atoms with Gasteiger partial charge in [0.15, 0.2) is 5.58 Å². The van der Waals surface area contributed by atoms with Crippen molar-refractivity contribution in [3.63, 3.8) is 0 Å². The Kier molecular flexibility index (Phi) is 5.96. The minimum absolute atomic E-state index is 0.899. The van der Waals surface area contributed by atoms with Crippen LogP contribution in [0.1, 0.15) is 0 Å². The van der Waals surface area contributed by atoms with Crippen LogP contribution in [0.5, 0.6) is 0 Å². The molecule has 246 valence electrons. The van der Waals surface area contributed by atoms with Crippen molar-refractivity contribution in [3.8, 4) is 32.7 Å². The van der Waals surface area contributed by atoms with Crippen LogP contribution in [0.2, 0.25) is 0 Å². The maximum atomic E-state index is 6.79. The Balaban J connectivity index is 1.12. The topological polar surface area (TPSA) is 26.3 Å². The molecule has 0 fully saturated rings. The van der Waals surface area contributed by atoms with Gasteiger partial charge in [-0.3, -0.25) is 0 Å². The van der Waals surface area contributed by atoms with E-state index in [0.717, 1.165) is 44.1 Å². The van der Waals surface area contributed by atoms with Gasteiger partial charge in [0.2, 0.25) is 0 Å². The minimum atomic E-state index is 0.899. The highest BCUT2D eigenvalue weighted by Crippen LogP contribution is 2.49. The molecule has 0 N–H and O–H groups in total. The molecular formula is C50H28O2S. The van der Waals surface area contributed by atoms with Crippen LogP contribution in [0, 0.1) is 0 Å². The first-order valence-electron chi connectivity index (χ1n) is 18.0. The molecular weight excluding hydrogens is 665 g/mol. The Bertz CT molecular complexity index is 3390. The smallest absolute Gasteiger partial charge is 0.153 e. The van der Waals surface area contributed by atoms with Gasteiger partial charge in [0.25, 0.3) is 0 Å². The molecule has 9 aromatic carbocycles. The van der Waals surface area contributed by atoms with Crippen molar-refractivity contribution in [1.29, 1.82) is 0 Å². The number of hydrogen-bond donors (Lipinski definition) is 0. The molecule has 3 heterocycles. The van der Waals surface area contributed by atoms with Gasteiger partial charge in [0.1, 0.15) is 16.7 Å². The third kappa shape index (κ3) is 4.14. The van der Waals surface area contributed by atoms with Crippen molar-refractivity contribution in [1.82, 2.24) is 0 Å². The molecule has 0 amide bonds. The quantitative estimate of drug-likeness (QED) is 0.172. The van der Waals surface area contributed by atoms with Crippen LogP contribution >= 0.6 is 11.3 Å². The van der Waals surface area contributed by atoms with Crippen LogP contribution in [0.25, 0.3) is 119 Å². The van der Waals surface area contributed by atoms with Gasteiger partial charge in [-0.15, -0.1) is 11.3 Å². The van der Waals surface area contributed by atoms with Crippen LogP contribution in [-0.4, -0.2) is 0 Å². The van der Waals surface area contributed by atoms with Crippen LogP contribution < -0.4 is 0 Å². The standard InChI is InChI=1S/C50H28O2S/c1-2-12-30(13-3-1)44-28-32-22-25-40-48-39(19-10-20-41(48)52-49(40)50(32)53-44)46-36-17-8-6-15-34(36)45(35-16-7-9-18-37(35)46)31-21-24-38-43(27-31)51-42-26-23-29-11-4-5-14-33(29)47(38)42/h1-28H. The van der Waals surface area contributed by atoms with Gasteiger partial charge in [-0.25, -0.2) is 0 Å². The maximum absolute atomic E-state index is 6.79. The SMILES string of the molecule is c1ccc(-c2cc3ccc4c(oc5cccc(-c6c7ccccc7c(-c7ccc8c(c7)oc7ccc9ccccc9c78)c7ccccc67)c54)c3s2)cc1. The third-order valence-corrected chi connectivity index (χ3v) is 12.3. The molecule has 3 heteroatoms. The fourth-order valence-corrected chi connectivity index (χ4v) is 9.91. The summed E-state index contributed by atoms with van der Waals surface area (Å²) in [6.07, 6.45) is 0. The maximum Gasteiger partial charge on any atom is 0.153 e. The van der Waals surface area contributed by atoms with Crippen molar-refractivity contribution >= 4 is 97.6 Å². The molecule has 2 nitrogen and oxygen atoms in total. The summed E-state index contributed by atoms with van der Waals surface area (Å²) >= 11 is 1.80. The Morgan fingerprint density at radius 1 is 0.358 bits per heavy atom. The summed E-state index contributed by atoms with van der Waals surface area (Å²) in [7, 11) is 0. The van der Waals surface area contributed by atoms with Gasteiger partial charge in [0, 0.05) is 26.4 Å². The zero-order valence-corrected chi connectivity index (χ0v) is 29.2. The first-order valence-corrected chi connectivity index (χ1v) is 18.8. The third-order valence-electron chi connectivity index (χ3n) is 11.1. The Hall–Kier alpha value is -6.68. The Morgan fingerprint density at radius 2 is 1.02 bits per heavy atom. The first kappa shape index (κ1) is 29.0. The van der Waals surface area contributed by atoms with Crippen LogP contribution in [0.3, 0.4) is 0 Å². The van der Waals surface area contributed by atoms with Crippen molar-refractivity contribution < 1.29 is 8.83 Å². The van der Waals surface area contributed by atoms with E-state index >= 15 is 0 Å². The lowest BCUT2D eigenvalue weighted by molar-refractivity contribution is 0.669. The average molecular weight is 693 g/mol. The lowest BCUT2D eigenvalue weighted by atomic mass is 9.85. The molecule has 0 spiro atoms. The van der Waals surface area contributed by atoms with Gasteiger partial charge in [-0.2, -0.15) is 0 Å². The lowest BCUT2D eigenvalue weighted by Gasteiger charge is -2.18. The van der Waals surface area contributed by atoms with E-state index < -0.39 is 0 Å². The fourth-order valence-electron chi connectivity index (χ4n) is 8.76. The summed E-state index contributed by atoms with van der Waals surface area (Å²) in [5.41, 5.74) is 9.65. The summed E-state index contributed by atoms with van der Waals surface area (Å²) in [4.78, 5) is 1.25. The van der Waals surface area contributed by atoms with Crippen molar-refractivity contribution in [2.75, 3.05) is 0 Å². The molecule has 0 aliphatic heterocycles. The molecule has 0 saturated carbocycles. The molecule has 12 rings (SSSR count). The summed E-state index contributed by atoms with van der Waals surface area (Å²) < 4.78 is 14.5. The number of hydrogen-bond acceptors (Lipinski definition) is 3. The van der Waals surface area contributed by atoms with Gasteiger partial charge in [-0.1, -0.05) is 133 Å². The van der Waals surface area contributed by atoms with E-state index in [1.165, 1.54) is 74.9 Å². The normalized spacial score (nSPS) is 12.2. The van der Waals surface area contributed by atoms with Crippen molar-refractivity contribution in [3.05, 3.63) is 170 Å².